The molecule has 0 saturated carbocycles. The van der Waals surface area contributed by atoms with E-state index in [0.717, 1.165) is 23.4 Å². The lowest BCUT2D eigenvalue weighted by molar-refractivity contribution is -0.118. The van der Waals surface area contributed by atoms with Gasteiger partial charge in [0.2, 0.25) is 5.13 Å². The second-order valence-corrected chi connectivity index (χ2v) is 5.46. The summed E-state index contributed by atoms with van der Waals surface area (Å²) in [5, 5.41) is 12.1. The lowest BCUT2D eigenvalue weighted by atomic mass is 10.2. The van der Waals surface area contributed by atoms with Crippen LogP contribution in [0.1, 0.15) is 23.9 Å². The van der Waals surface area contributed by atoms with Gasteiger partial charge < -0.3 is 4.74 Å². The fourth-order valence-corrected chi connectivity index (χ4v) is 2.42. The highest BCUT2D eigenvalue weighted by Gasteiger charge is 2.08. The second-order valence-electron chi connectivity index (χ2n) is 4.40. The second kappa shape index (κ2) is 7.00. The molecule has 2 aromatic rings. The van der Waals surface area contributed by atoms with Crippen LogP contribution in [0.3, 0.4) is 0 Å². The molecule has 0 spiro atoms. The number of aryl methyl sites for hydroxylation is 2. The molecule has 0 atom stereocenters. The number of rotatable bonds is 6. The van der Waals surface area contributed by atoms with Gasteiger partial charge in [-0.25, -0.2) is 0 Å². The number of carbonyl (C=O) groups is 1. The highest BCUT2D eigenvalue weighted by molar-refractivity contribution is 7.15. The summed E-state index contributed by atoms with van der Waals surface area (Å²) < 4.78 is 5.39. The Kier molecular flexibility index (Phi) is 5.06. The van der Waals surface area contributed by atoms with Crippen molar-refractivity contribution in [2.45, 2.75) is 26.7 Å². The Labute approximate surface area is 122 Å². The Balaban J connectivity index is 1.81. The molecule has 0 unspecified atom stereocenters. The number of amides is 1. The van der Waals surface area contributed by atoms with Gasteiger partial charge in [-0.1, -0.05) is 36.0 Å². The van der Waals surface area contributed by atoms with Crippen LogP contribution in [0.2, 0.25) is 0 Å². The number of benzene rings is 1. The summed E-state index contributed by atoms with van der Waals surface area (Å²) in [6.45, 7) is 4.04. The molecule has 0 fully saturated rings. The Morgan fingerprint density at radius 3 is 2.75 bits per heavy atom. The van der Waals surface area contributed by atoms with Gasteiger partial charge in [0.05, 0.1) is 0 Å². The van der Waals surface area contributed by atoms with Gasteiger partial charge in [-0.3, -0.25) is 10.1 Å². The number of carbonyl (C=O) groups excluding carboxylic acids is 1. The van der Waals surface area contributed by atoms with Gasteiger partial charge in [0, 0.05) is 6.42 Å². The quantitative estimate of drug-likeness (QED) is 0.889. The molecule has 1 aromatic heterocycles. The molecular formula is C14H17N3O2S. The first-order chi connectivity index (χ1) is 9.67. The van der Waals surface area contributed by atoms with Crippen LogP contribution in [0.4, 0.5) is 5.13 Å². The number of aromatic nitrogens is 2. The van der Waals surface area contributed by atoms with Crippen molar-refractivity contribution in [3.05, 3.63) is 34.8 Å². The van der Waals surface area contributed by atoms with E-state index in [1.54, 1.807) is 0 Å². The van der Waals surface area contributed by atoms with Crippen LogP contribution >= 0.6 is 11.3 Å². The normalized spacial score (nSPS) is 10.3. The smallest absolute Gasteiger partial charge is 0.264 e. The number of nitrogens with one attached hydrogen (secondary N) is 1. The summed E-state index contributed by atoms with van der Waals surface area (Å²) in [5.41, 5.74) is 1.15. The van der Waals surface area contributed by atoms with E-state index in [0.29, 0.717) is 10.9 Å². The minimum atomic E-state index is -0.232. The zero-order chi connectivity index (χ0) is 14.4. The van der Waals surface area contributed by atoms with E-state index in [1.165, 1.54) is 11.3 Å². The monoisotopic (exact) mass is 291 g/mol. The molecule has 0 aliphatic rings. The van der Waals surface area contributed by atoms with E-state index in [2.05, 4.69) is 22.4 Å². The molecule has 0 radical (unpaired) electrons. The first-order valence-electron chi connectivity index (χ1n) is 6.49. The van der Waals surface area contributed by atoms with Crippen molar-refractivity contribution in [2.24, 2.45) is 0 Å². The zero-order valence-electron chi connectivity index (χ0n) is 11.5. The third-order valence-corrected chi connectivity index (χ3v) is 3.47. The average Bonchev–Trinajstić information content (AvgIpc) is 2.86. The Hall–Kier alpha value is -1.95. The first-order valence-corrected chi connectivity index (χ1v) is 7.30. The summed E-state index contributed by atoms with van der Waals surface area (Å²) in [6, 6.07) is 7.56. The largest absolute Gasteiger partial charge is 0.484 e. The molecule has 0 bridgehead atoms. The van der Waals surface area contributed by atoms with E-state index < -0.39 is 0 Å². The van der Waals surface area contributed by atoms with Crippen molar-refractivity contribution < 1.29 is 9.53 Å². The van der Waals surface area contributed by atoms with E-state index >= 15 is 0 Å². The van der Waals surface area contributed by atoms with Gasteiger partial charge in [-0.2, -0.15) is 0 Å². The van der Waals surface area contributed by atoms with Crippen molar-refractivity contribution in [1.29, 1.82) is 0 Å². The minimum absolute atomic E-state index is 0.0360. The van der Waals surface area contributed by atoms with Crippen LogP contribution in [-0.2, 0) is 11.2 Å². The lowest BCUT2D eigenvalue weighted by Crippen LogP contribution is -2.20. The summed E-state index contributed by atoms with van der Waals surface area (Å²) in [4.78, 5) is 11.7. The molecule has 1 amide bonds. The molecule has 0 aliphatic carbocycles. The topological polar surface area (TPSA) is 64.1 Å². The molecule has 106 valence electrons. The van der Waals surface area contributed by atoms with Crippen molar-refractivity contribution >= 4 is 22.4 Å². The van der Waals surface area contributed by atoms with Gasteiger partial charge in [0.25, 0.3) is 5.91 Å². The molecule has 1 aromatic carbocycles. The van der Waals surface area contributed by atoms with Crippen molar-refractivity contribution in [2.75, 3.05) is 11.9 Å². The standard InChI is InChI=1S/C14H17N3O2S/c1-3-4-13-16-17-14(20-13)15-12(18)9-19-11-7-5-10(2)6-8-11/h5-8H,3-4,9H2,1-2H3,(H,15,17,18). The van der Waals surface area contributed by atoms with Gasteiger partial charge in [-0.05, 0) is 25.5 Å². The fourth-order valence-electron chi connectivity index (χ4n) is 1.56. The van der Waals surface area contributed by atoms with E-state index in [1.807, 2.05) is 31.2 Å². The maximum atomic E-state index is 11.7. The van der Waals surface area contributed by atoms with Crippen LogP contribution < -0.4 is 10.1 Å². The Bertz CT molecular complexity index is 566. The first kappa shape index (κ1) is 14.5. The molecule has 5 nitrogen and oxygen atoms in total. The Morgan fingerprint density at radius 1 is 1.30 bits per heavy atom. The molecule has 2 rings (SSSR count). The number of ether oxygens (including phenoxy) is 1. The highest BCUT2D eigenvalue weighted by atomic mass is 32.1. The van der Waals surface area contributed by atoms with E-state index in [4.69, 9.17) is 4.74 Å². The third-order valence-electron chi connectivity index (χ3n) is 2.57. The van der Waals surface area contributed by atoms with Gasteiger partial charge in [0.1, 0.15) is 10.8 Å². The minimum Gasteiger partial charge on any atom is -0.484 e. The van der Waals surface area contributed by atoms with Gasteiger partial charge in [-0.15, -0.1) is 10.2 Å². The van der Waals surface area contributed by atoms with Crippen LogP contribution in [0.5, 0.6) is 5.75 Å². The van der Waals surface area contributed by atoms with Gasteiger partial charge >= 0.3 is 0 Å². The molecule has 0 saturated heterocycles. The zero-order valence-corrected chi connectivity index (χ0v) is 12.4. The third kappa shape index (κ3) is 4.31. The van der Waals surface area contributed by atoms with Crippen molar-refractivity contribution in [3.8, 4) is 5.75 Å². The fraction of sp³-hybridized carbons (Fsp3) is 0.357. The number of nitrogens with zero attached hydrogens (tertiary/aromatic N) is 2. The molecular weight excluding hydrogens is 274 g/mol. The maximum Gasteiger partial charge on any atom is 0.264 e. The van der Waals surface area contributed by atoms with E-state index in [9.17, 15) is 4.79 Å². The average molecular weight is 291 g/mol. The molecule has 0 aliphatic heterocycles. The maximum absolute atomic E-state index is 11.7. The molecule has 6 heteroatoms. The molecule has 1 N–H and O–H groups in total. The number of hydrogen-bond acceptors (Lipinski definition) is 5. The van der Waals surface area contributed by atoms with Gasteiger partial charge in [0.15, 0.2) is 6.61 Å². The highest BCUT2D eigenvalue weighted by Crippen LogP contribution is 2.16. The lowest BCUT2D eigenvalue weighted by Gasteiger charge is -2.05. The molecule has 1 heterocycles. The predicted molar refractivity (Wildman–Crippen MR) is 79.2 cm³/mol. The van der Waals surface area contributed by atoms with Crippen LogP contribution in [0, 0.1) is 6.92 Å². The van der Waals surface area contributed by atoms with Crippen LogP contribution in [-0.4, -0.2) is 22.7 Å². The number of hydrogen-bond donors (Lipinski definition) is 1. The van der Waals surface area contributed by atoms with Crippen LogP contribution in [0.25, 0.3) is 0 Å². The summed E-state index contributed by atoms with van der Waals surface area (Å²) >= 11 is 1.40. The summed E-state index contributed by atoms with van der Waals surface area (Å²) in [6.07, 6.45) is 1.90. The Morgan fingerprint density at radius 2 is 2.05 bits per heavy atom. The predicted octanol–water partition coefficient (Wildman–Crippen LogP) is 2.82. The summed E-state index contributed by atoms with van der Waals surface area (Å²) in [7, 11) is 0. The van der Waals surface area contributed by atoms with Crippen molar-refractivity contribution in [1.82, 2.24) is 10.2 Å². The SMILES string of the molecule is CCCc1nnc(NC(=O)COc2ccc(C)cc2)s1. The summed E-state index contributed by atoms with van der Waals surface area (Å²) in [5.74, 6) is 0.444. The molecule has 20 heavy (non-hydrogen) atoms. The van der Waals surface area contributed by atoms with E-state index in [-0.39, 0.29) is 12.5 Å². The van der Waals surface area contributed by atoms with Crippen LogP contribution in [0.15, 0.2) is 24.3 Å². The van der Waals surface area contributed by atoms with Crippen molar-refractivity contribution in [3.63, 3.8) is 0 Å². The number of anilines is 1.